The summed E-state index contributed by atoms with van der Waals surface area (Å²) in [7, 11) is 1.48. The molecule has 2 N–H and O–H groups in total. The maximum absolute atomic E-state index is 11.4. The lowest BCUT2D eigenvalue weighted by atomic mass is 9.95. The van der Waals surface area contributed by atoms with Crippen LogP contribution >= 0.6 is 0 Å². The average molecular weight is 300 g/mol. The molecule has 0 saturated heterocycles. The third-order valence-corrected chi connectivity index (χ3v) is 3.42. The average Bonchev–Trinajstić information content (AvgIpc) is 2.52. The summed E-state index contributed by atoms with van der Waals surface area (Å²) in [6, 6.07) is 13.4. The van der Waals surface area contributed by atoms with Crippen molar-refractivity contribution in [1.29, 1.82) is 0 Å². The van der Waals surface area contributed by atoms with Crippen LogP contribution < -0.4 is 0 Å². The van der Waals surface area contributed by atoms with Gasteiger partial charge in [0.15, 0.2) is 0 Å². The largest absolute Gasteiger partial charge is 0.478 e. The molecule has 0 saturated carbocycles. The Bertz CT molecular complexity index is 679. The van der Waals surface area contributed by atoms with Gasteiger partial charge in [-0.3, -0.25) is 0 Å². The topological polar surface area (TPSA) is 83.8 Å². The van der Waals surface area contributed by atoms with Gasteiger partial charge in [0.1, 0.15) is 0 Å². The van der Waals surface area contributed by atoms with E-state index in [1.54, 1.807) is 0 Å². The molecule has 0 aliphatic heterocycles. The minimum atomic E-state index is -1.11. The van der Waals surface area contributed by atoms with Crippen molar-refractivity contribution in [2.45, 2.75) is 12.5 Å². The van der Waals surface area contributed by atoms with E-state index in [1.165, 1.54) is 25.3 Å². The standard InChI is InChI=1S/C17H16O5/c1-22-15(9-11-5-3-2-4-6-11)14-10-12(16(18)19)7-8-13(14)17(20)21/h2-8,10,15H,9H2,1H3,(H,18,19)(H,20,21). The van der Waals surface area contributed by atoms with E-state index in [-0.39, 0.29) is 11.1 Å². The van der Waals surface area contributed by atoms with Gasteiger partial charge in [-0.2, -0.15) is 0 Å². The summed E-state index contributed by atoms with van der Waals surface area (Å²) in [6.45, 7) is 0. The lowest BCUT2D eigenvalue weighted by Gasteiger charge is -2.18. The second-order valence-corrected chi connectivity index (χ2v) is 4.83. The molecule has 5 nitrogen and oxygen atoms in total. The fraction of sp³-hybridized carbons (Fsp3) is 0.176. The number of ether oxygens (including phenoxy) is 1. The summed E-state index contributed by atoms with van der Waals surface area (Å²) in [4.78, 5) is 22.5. The lowest BCUT2D eigenvalue weighted by molar-refractivity contribution is 0.0665. The monoisotopic (exact) mass is 300 g/mol. The van der Waals surface area contributed by atoms with Crippen LogP contribution in [0.3, 0.4) is 0 Å². The molecule has 2 aromatic carbocycles. The highest BCUT2D eigenvalue weighted by Crippen LogP contribution is 2.26. The molecule has 2 rings (SSSR count). The molecule has 0 radical (unpaired) electrons. The minimum absolute atomic E-state index is 0.0371. The molecule has 1 atom stereocenters. The summed E-state index contributed by atoms with van der Waals surface area (Å²) >= 11 is 0. The van der Waals surface area contributed by atoms with Crippen LogP contribution in [-0.4, -0.2) is 29.3 Å². The molecule has 0 aliphatic rings. The molecule has 0 aromatic heterocycles. The van der Waals surface area contributed by atoms with Crippen LogP contribution in [0, 0.1) is 0 Å². The third kappa shape index (κ3) is 3.51. The van der Waals surface area contributed by atoms with Crippen LogP contribution in [0.15, 0.2) is 48.5 Å². The zero-order valence-electron chi connectivity index (χ0n) is 12.0. The zero-order valence-corrected chi connectivity index (χ0v) is 12.0. The molecule has 0 amide bonds. The van der Waals surface area contributed by atoms with Crippen molar-refractivity contribution in [3.63, 3.8) is 0 Å². The molecule has 1 unspecified atom stereocenters. The number of carboxylic acids is 2. The molecule has 114 valence electrons. The lowest BCUT2D eigenvalue weighted by Crippen LogP contribution is -2.13. The number of benzene rings is 2. The minimum Gasteiger partial charge on any atom is -0.478 e. The Morgan fingerprint density at radius 3 is 2.27 bits per heavy atom. The maximum atomic E-state index is 11.4. The van der Waals surface area contributed by atoms with Gasteiger partial charge in [0.25, 0.3) is 0 Å². The van der Waals surface area contributed by atoms with E-state index < -0.39 is 18.0 Å². The van der Waals surface area contributed by atoms with Crippen molar-refractivity contribution in [2.75, 3.05) is 7.11 Å². The molecule has 0 bridgehead atoms. The van der Waals surface area contributed by atoms with Gasteiger partial charge in [-0.25, -0.2) is 9.59 Å². The number of carbonyl (C=O) groups is 2. The first-order chi connectivity index (χ1) is 10.5. The second kappa shape index (κ2) is 6.87. The normalized spacial score (nSPS) is 11.9. The van der Waals surface area contributed by atoms with E-state index in [9.17, 15) is 14.7 Å². The Balaban J connectivity index is 2.43. The Labute approximate surface area is 127 Å². The molecule has 22 heavy (non-hydrogen) atoms. The number of rotatable bonds is 6. The van der Waals surface area contributed by atoms with Gasteiger partial charge < -0.3 is 14.9 Å². The summed E-state index contributed by atoms with van der Waals surface area (Å²) < 4.78 is 5.41. The maximum Gasteiger partial charge on any atom is 0.336 e. The van der Waals surface area contributed by atoms with E-state index >= 15 is 0 Å². The molecule has 0 heterocycles. The summed E-state index contributed by atoms with van der Waals surface area (Å²) in [5.41, 5.74) is 1.42. The van der Waals surface area contributed by atoms with E-state index in [1.807, 2.05) is 30.3 Å². The van der Waals surface area contributed by atoms with Gasteiger partial charge in [0, 0.05) is 13.5 Å². The van der Waals surface area contributed by atoms with Crippen LogP contribution in [0.4, 0.5) is 0 Å². The quantitative estimate of drug-likeness (QED) is 0.856. The fourth-order valence-corrected chi connectivity index (χ4v) is 2.31. The van der Waals surface area contributed by atoms with Crippen LogP contribution in [0.1, 0.15) is 37.9 Å². The Kier molecular flexibility index (Phi) is 4.91. The Morgan fingerprint density at radius 2 is 1.73 bits per heavy atom. The SMILES string of the molecule is COC(Cc1ccccc1)c1cc(C(=O)O)ccc1C(=O)O. The molecular weight excluding hydrogens is 284 g/mol. The van der Waals surface area contributed by atoms with Gasteiger partial charge in [-0.05, 0) is 29.3 Å². The van der Waals surface area contributed by atoms with Crippen molar-refractivity contribution in [3.05, 3.63) is 70.8 Å². The van der Waals surface area contributed by atoms with E-state index in [0.717, 1.165) is 5.56 Å². The smallest absolute Gasteiger partial charge is 0.336 e. The van der Waals surface area contributed by atoms with Crippen LogP contribution in [0.2, 0.25) is 0 Å². The molecule has 0 fully saturated rings. The highest BCUT2D eigenvalue weighted by molar-refractivity contribution is 5.93. The van der Waals surface area contributed by atoms with E-state index in [0.29, 0.717) is 12.0 Å². The third-order valence-electron chi connectivity index (χ3n) is 3.42. The van der Waals surface area contributed by atoms with Crippen molar-refractivity contribution < 1.29 is 24.5 Å². The zero-order chi connectivity index (χ0) is 16.1. The van der Waals surface area contributed by atoms with Crippen molar-refractivity contribution in [2.24, 2.45) is 0 Å². The number of aromatic carboxylic acids is 2. The number of hydrogen-bond acceptors (Lipinski definition) is 3. The Hall–Kier alpha value is -2.66. The summed E-state index contributed by atoms with van der Waals surface area (Å²) in [5, 5.41) is 18.4. The van der Waals surface area contributed by atoms with Gasteiger partial charge in [-0.1, -0.05) is 30.3 Å². The van der Waals surface area contributed by atoms with Crippen LogP contribution in [0.25, 0.3) is 0 Å². The number of carboxylic acid groups (broad SMARTS) is 2. The predicted molar refractivity (Wildman–Crippen MR) is 80.3 cm³/mol. The first-order valence-corrected chi connectivity index (χ1v) is 6.70. The van der Waals surface area contributed by atoms with Crippen molar-refractivity contribution in [1.82, 2.24) is 0 Å². The van der Waals surface area contributed by atoms with E-state index in [4.69, 9.17) is 9.84 Å². The molecule has 2 aromatic rings. The van der Waals surface area contributed by atoms with Crippen molar-refractivity contribution in [3.8, 4) is 0 Å². The summed E-state index contributed by atoms with van der Waals surface area (Å²) in [6.07, 6.45) is -0.0754. The first-order valence-electron chi connectivity index (χ1n) is 6.70. The predicted octanol–water partition coefficient (Wildman–Crippen LogP) is 3.01. The molecule has 5 heteroatoms. The van der Waals surface area contributed by atoms with Crippen LogP contribution in [-0.2, 0) is 11.2 Å². The molecule has 0 aliphatic carbocycles. The van der Waals surface area contributed by atoms with Gasteiger partial charge in [0.05, 0.1) is 17.2 Å². The van der Waals surface area contributed by atoms with Gasteiger partial charge in [-0.15, -0.1) is 0 Å². The first kappa shape index (κ1) is 15.7. The highest BCUT2D eigenvalue weighted by Gasteiger charge is 2.21. The number of hydrogen-bond donors (Lipinski definition) is 2. The molecular formula is C17H16O5. The second-order valence-electron chi connectivity index (χ2n) is 4.83. The highest BCUT2D eigenvalue weighted by atomic mass is 16.5. The summed E-state index contributed by atoms with van der Waals surface area (Å²) in [5.74, 6) is -2.21. The van der Waals surface area contributed by atoms with Gasteiger partial charge >= 0.3 is 11.9 Å². The van der Waals surface area contributed by atoms with Crippen molar-refractivity contribution >= 4 is 11.9 Å². The number of methoxy groups -OCH3 is 1. The van der Waals surface area contributed by atoms with E-state index in [2.05, 4.69) is 0 Å². The van der Waals surface area contributed by atoms with Gasteiger partial charge in [0.2, 0.25) is 0 Å². The fourth-order valence-electron chi connectivity index (χ4n) is 2.31. The molecule has 0 spiro atoms. The van der Waals surface area contributed by atoms with Crippen LogP contribution in [0.5, 0.6) is 0 Å². The Morgan fingerprint density at radius 1 is 1.05 bits per heavy atom.